The van der Waals surface area contributed by atoms with Crippen molar-refractivity contribution in [1.82, 2.24) is 14.7 Å². The number of piperazine rings is 1. The molecule has 2 saturated heterocycles. The first kappa shape index (κ1) is 17.5. The van der Waals surface area contributed by atoms with Crippen LogP contribution in [-0.4, -0.2) is 71.7 Å². The fourth-order valence-corrected chi connectivity index (χ4v) is 3.39. The van der Waals surface area contributed by atoms with Crippen LogP contribution in [0.15, 0.2) is 22.8 Å². The lowest BCUT2D eigenvalue weighted by atomic mass is 10.1. The highest BCUT2D eigenvalue weighted by atomic mass is 16.3. The van der Waals surface area contributed by atoms with E-state index in [1.165, 1.54) is 6.26 Å². The highest BCUT2D eigenvalue weighted by Crippen LogP contribution is 2.13. The van der Waals surface area contributed by atoms with E-state index in [1.807, 2.05) is 9.80 Å². The molecule has 0 atom stereocenters. The second kappa shape index (κ2) is 8.18. The Balaban J connectivity index is 1.38. The molecule has 136 valence electrons. The Kier molecular flexibility index (Phi) is 5.73. The third-order valence-electron chi connectivity index (χ3n) is 4.89. The molecule has 0 spiro atoms. The number of carbonyl (C=O) groups excluding carboxylic acids is 3. The van der Waals surface area contributed by atoms with Crippen LogP contribution in [0.1, 0.15) is 42.7 Å². The lowest BCUT2D eigenvalue weighted by Gasteiger charge is -2.34. The van der Waals surface area contributed by atoms with Crippen molar-refractivity contribution in [1.29, 1.82) is 0 Å². The Morgan fingerprint density at radius 1 is 1.04 bits per heavy atom. The van der Waals surface area contributed by atoms with Crippen LogP contribution in [0.25, 0.3) is 0 Å². The van der Waals surface area contributed by atoms with Crippen molar-refractivity contribution in [3.05, 3.63) is 24.2 Å². The van der Waals surface area contributed by atoms with Gasteiger partial charge in [0.25, 0.3) is 5.91 Å². The lowest BCUT2D eigenvalue weighted by molar-refractivity contribution is -0.135. The van der Waals surface area contributed by atoms with Crippen LogP contribution >= 0.6 is 0 Å². The molecule has 0 radical (unpaired) electrons. The van der Waals surface area contributed by atoms with Crippen molar-refractivity contribution in [3.63, 3.8) is 0 Å². The Morgan fingerprint density at radius 2 is 1.80 bits per heavy atom. The minimum Gasteiger partial charge on any atom is -0.459 e. The van der Waals surface area contributed by atoms with Crippen LogP contribution in [0.5, 0.6) is 0 Å². The Labute approximate surface area is 147 Å². The average molecular weight is 347 g/mol. The van der Waals surface area contributed by atoms with E-state index in [9.17, 15) is 14.4 Å². The quantitative estimate of drug-likeness (QED) is 0.806. The van der Waals surface area contributed by atoms with E-state index in [1.54, 1.807) is 17.0 Å². The zero-order valence-corrected chi connectivity index (χ0v) is 14.5. The van der Waals surface area contributed by atoms with Crippen molar-refractivity contribution in [3.8, 4) is 0 Å². The van der Waals surface area contributed by atoms with Gasteiger partial charge in [0, 0.05) is 52.1 Å². The normalized spacial score (nSPS) is 18.6. The molecule has 1 aromatic rings. The van der Waals surface area contributed by atoms with Crippen molar-refractivity contribution < 1.29 is 18.8 Å². The van der Waals surface area contributed by atoms with E-state index in [0.29, 0.717) is 57.7 Å². The number of hydrogen-bond donors (Lipinski definition) is 0. The van der Waals surface area contributed by atoms with Gasteiger partial charge in [0.15, 0.2) is 5.76 Å². The molecule has 0 saturated carbocycles. The molecule has 3 heterocycles. The van der Waals surface area contributed by atoms with Crippen molar-refractivity contribution in [2.75, 3.05) is 39.3 Å². The minimum atomic E-state index is -0.124. The largest absolute Gasteiger partial charge is 0.459 e. The highest BCUT2D eigenvalue weighted by Gasteiger charge is 2.26. The van der Waals surface area contributed by atoms with Crippen molar-refractivity contribution >= 4 is 17.7 Å². The molecule has 0 aromatic carbocycles. The maximum atomic E-state index is 12.3. The Bertz CT molecular complexity index is 606. The summed E-state index contributed by atoms with van der Waals surface area (Å²) in [4.78, 5) is 41.7. The van der Waals surface area contributed by atoms with Gasteiger partial charge in [0.2, 0.25) is 11.8 Å². The van der Waals surface area contributed by atoms with Gasteiger partial charge in [0.1, 0.15) is 0 Å². The van der Waals surface area contributed by atoms with Crippen LogP contribution in [-0.2, 0) is 9.59 Å². The highest BCUT2D eigenvalue weighted by molar-refractivity contribution is 5.91. The molecule has 0 unspecified atom stereocenters. The number of carbonyl (C=O) groups is 3. The van der Waals surface area contributed by atoms with Gasteiger partial charge in [-0.05, 0) is 31.4 Å². The predicted octanol–water partition coefficient (Wildman–Crippen LogP) is 1.36. The summed E-state index contributed by atoms with van der Waals surface area (Å²) in [6, 6.07) is 3.35. The third-order valence-corrected chi connectivity index (χ3v) is 4.89. The lowest BCUT2D eigenvalue weighted by Crippen LogP contribution is -2.50. The predicted molar refractivity (Wildman–Crippen MR) is 90.9 cm³/mol. The van der Waals surface area contributed by atoms with Crippen LogP contribution in [0, 0.1) is 0 Å². The first-order valence-electron chi connectivity index (χ1n) is 9.03. The van der Waals surface area contributed by atoms with Crippen LogP contribution in [0.4, 0.5) is 0 Å². The smallest absolute Gasteiger partial charge is 0.289 e. The topological polar surface area (TPSA) is 74.1 Å². The Hall–Kier alpha value is -2.31. The molecule has 3 rings (SSSR count). The number of likely N-dealkylation sites (tertiary alicyclic amines) is 1. The molecule has 7 heteroatoms. The maximum Gasteiger partial charge on any atom is 0.289 e. The molecule has 2 aliphatic rings. The van der Waals surface area contributed by atoms with Gasteiger partial charge in [-0.3, -0.25) is 14.4 Å². The monoisotopic (exact) mass is 347 g/mol. The zero-order valence-electron chi connectivity index (χ0n) is 14.5. The van der Waals surface area contributed by atoms with E-state index in [-0.39, 0.29) is 17.7 Å². The number of amides is 3. The molecular weight excluding hydrogens is 322 g/mol. The first-order chi connectivity index (χ1) is 12.1. The minimum absolute atomic E-state index is 0.106. The van der Waals surface area contributed by atoms with Gasteiger partial charge < -0.3 is 19.1 Å². The summed E-state index contributed by atoms with van der Waals surface area (Å²) in [5.74, 6) is 0.532. The van der Waals surface area contributed by atoms with Crippen LogP contribution < -0.4 is 0 Å². The summed E-state index contributed by atoms with van der Waals surface area (Å²) in [6.45, 7) is 3.63. The van der Waals surface area contributed by atoms with E-state index in [2.05, 4.69) is 0 Å². The fourth-order valence-electron chi connectivity index (χ4n) is 3.39. The number of hydrogen-bond acceptors (Lipinski definition) is 4. The number of rotatable bonds is 5. The molecule has 0 bridgehead atoms. The molecular formula is C18H25N3O4. The molecule has 0 aliphatic carbocycles. The summed E-state index contributed by atoms with van der Waals surface area (Å²) in [5, 5.41) is 0. The molecule has 7 nitrogen and oxygen atoms in total. The van der Waals surface area contributed by atoms with Gasteiger partial charge in [-0.25, -0.2) is 0 Å². The van der Waals surface area contributed by atoms with Crippen molar-refractivity contribution in [2.45, 2.75) is 32.1 Å². The van der Waals surface area contributed by atoms with E-state index in [0.717, 1.165) is 19.4 Å². The van der Waals surface area contributed by atoms with Gasteiger partial charge >= 0.3 is 0 Å². The summed E-state index contributed by atoms with van der Waals surface area (Å²) in [7, 11) is 0. The van der Waals surface area contributed by atoms with Crippen molar-refractivity contribution in [2.24, 2.45) is 0 Å². The standard InChI is InChI=1S/C18H25N3O4/c22-16-6-1-2-8-19(16)9-3-7-17(23)20-10-12-21(13-11-20)18(24)15-5-4-14-25-15/h4-5,14H,1-3,6-13H2. The summed E-state index contributed by atoms with van der Waals surface area (Å²) in [6.07, 6.45) is 5.33. The van der Waals surface area contributed by atoms with Crippen LogP contribution in [0.2, 0.25) is 0 Å². The van der Waals surface area contributed by atoms with Crippen LogP contribution in [0.3, 0.4) is 0 Å². The van der Waals surface area contributed by atoms with E-state index in [4.69, 9.17) is 4.42 Å². The molecule has 0 N–H and O–H groups in total. The number of furan rings is 1. The molecule has 2 aliphatic heterocycles. The molecule has 1 aromatic heterocycles. The summed E-state index contributed by atoms with van der Waals surface area (Å²) < 4.78 is 5.14. The summed E-state index contributed by atoms with van der Waals surface area (Å²) >= 11 is 0. The second-order valence-electron chi connectivity index (χ2n) is 6.59. The van der Waals surface area contributed by atoms with Gasteiger partial charge in [-0.15, -0.1) is 0 Å². The van der Waals surface area contributed by atoms with E-state index >= 15 is 0 Å². The molecule has 25 heavy (non-hydrogen) atoms. The second-order valence-corrected chi connectivity index (χ2v) is 6.59. The maximum absolute atomic E-state index is 12.3. The Morgan fingerprint density at radius 3 is 2.48 bits per heavy atom. The zero-order chi connectivity index (χ0) is 17.6. The number of nitrogens with zero attached hydrogens (tertiary/aromatic N) is 3. The van der Waals surface area contributed by atoms with Gasteiger partial charge in [-0.2, -0.15) is 0 Å². The molecule has 3 amide bonds. The third kappa shape index (κ3) is 4.41. The van der Waals surface area contributed by atoms with Gasteiger partial charge in [0.05, 0.1) is 6.26 Å². The van der Waals surface area contributed by atoms with E-state index < -0.39 is 0 Å². The first-order valence-corrected chi connectivity index (χ1v) is 9.03. The average Bonchev–Trinajstić information content (AvgIpc) is 3.17. The SMILES string of the molecule is O=C1CCCCN1CCCC(=O)N1CCN(C(=O)c2ccco2)CC1. The fraction of sp³-hybridized carbons (Fsp3) is 0.611. The van der Waals surface area contributed by atoms with Gasteiger partial charge in [-0.1, -0.05) is 0 Å². The summed E-state index contributed by atoms with van der Waals surface area (Å²) in [5.41, 5.74) is 0. The number of piperidine rings is 1. The molecule has 2 fully saturated rings.